The van der Waals surface area contributed by atoms with Crippen LogP contribution < -0.4 is 10.2 Å². The molecule has 1 saturated heterocycles. The van der Waals surface area contributed by atoms with Crippen LogP contribution in [0, 0.1) is 13.8 Å². The molecule has 2 amide bonds. The van der Waals surface area contributed by atoms with Crippen molar-refractivity contribution in [2.75, 3.05) is 11.4 Å². The lowest BCUT2D eigenvalue weighted by Gasteiger charge is -2.19. The summed E-state index contributed by atoms with van der Waals surface area (Å²) in [5.41, 5.74) is 3.47. The fourth-order valence-corrected chi connectivity index (χ4v) is 3.29. The molecule has 0 aliphatic carbocycles. The minimum atomic E-state index is -1.13. The molecule has 1 atom stereocenters. The second kappa shape index (κ2) is 7.61. The molecule has 1 heterocycles. The van der Waals surface area contributed by atoms with E-state index >= 15 is 0 Å². The van der Waals surface area contributed by atoms with Crippen LogP contribution in [0.5, 0.6) is 0 Å². The summed E-state index contributed by atoms with van der Waals surface area (Å²) >= 11 is 0. The van der Waals surface area contributed by atoms with E-state index in [1.54, 1.807) is 41.3 Å². The first-order valence-electron chi connectivity index (χ1n) is 8.88. The van der Waals surface area contributed by atoms with Crippen molar-refractivity contribution in [1.82, 2.24) is 5.32 Å². The van der Waals surface area contributed by atoms with E-state index in [0.717, 1.165) is 23.2 Å². The van der Waals surface area contributed by atoms with Gasteiger partial charge in [0.15, 0.2) is 6.04 Å². The molecule has 0 bridgehead atoms. The Morgan fingerprint density at radius 3 is 2.41 bits per heavy atom. The smallest absolute Gasteiger partial charge is 0.330 e. The van der Waals surface area contributed by atoms with E-state index in [0.29, 0.717) is 24.1 Å². The second-order valence-electron chi connectivity index (χ2n) is 6.73. The molecule has 140 valence electrons. The summed E-state index contributed by atoms with van der Waals surface area (Å²) in [7, 11) is 0. The standard InChI is InChI=1S/C21H22N2O4/c1-13-5-3-6-17(14(13)2)19(21(26)27)22-20(25)15-8-10-16(11-9-15)23-12-4-7-18(23)24/h3,5-6,8-11,19H,4,7,12H2,1-2H3,(H,22,25)(H,26,27). The third-order valence-corrected chi connectivity index (χ3v) is 4.99. The lowest BCUT2D eigenvalue weighted by atomic mass is 9.97. The lowest BCUT2D eigenvalue weighted by Crippen LogP contribution is -2.34. The minimum absolute atomic E-state index is 0.0769. The number of nitrogens with one attached hydrogen (secondary N) is 1. The van der Waals surface area contributed by atoms with Gasteiger partial charge in [-0.25, -0.2) is 4.79 Å². The van der Waals surface area contributed by atoms with Crippen molar-refractivity contribution in [3.8, 4) is 0 Å². The van der Waals surface area contributed by atoms with Crippen molar-refractivity contribution in [2.24, 2.45) is 0 Å². The van der Waals surface area contributed by atoms with Gasteiger partial charge in [0.2, 0.25) is 5.91 Å². The maximum Gasteiger partial charge on any atom is 0.330 e. The molecule has 27 heavy (non-hydrogen) atoms. The van der Waals surface area contributed by atoms with Gasteiger partial charge in [0.05, 0.1) is 0 Å². The molecule has 1 aliphatic heterocycles. The molecule has 2 aromatic carbocycles. The largest absolute Gasteiger partial charge is 0.479 e. The number of benzene rings is 2. The summed E-state index contributed by atoms with van der Waals surface area (Å²) in [4.78, 5) is 37.8. The number of carbonyl (C=O) groups is 3. The molecular weight excluding hydrogens is 344 g/mol. The average Bonchev–Trinajstić information content (AvgIpc) is 3.08. The highest BCUT2D eigenvalue weighted by molar-refractivity contribution is 5.99. The molecule has 6 heteroatoms. The Bertz CT molecular complexity index is 890. The maximum atomic E-state index is 12.6. The molecule has 1 unspecified atom stereocenters. The fourth-order valence-electron chi connectivity index (χ4n) is 3.29. The summed E-state index contributed by atoms with van der Waals surface area (Å²) in [6, 6.07) is 10.9. The highest BCUT2D eigenvalue weighted by Gasteiger charge is 2.25. The van der Waals surface area contributed by atoms with E-state index in [2.05, 4.69) is 5.32 Å². The minimum Gasteiger partial charge on any atom is -0.479 e. The molecule has 0 spiro atoms. The Hall–Kier alpha value is -3.15. The van der Waals surface area contributed by atoms with Gasteiger partial charge < -0.3 is 15.3 Å². The quantitative estimate of drug-likeness (QED) is 0.852. The Kier molecular flexibility index (Phi) is 5.26. The number of rotatable bonds is 5. The normalized spacial score (nSPS) is 14.9. The van der Waals surface area contributed by atoms with Gasteiger partial charge in [-0.3, -0.25) is 9.59 Å². The van der Waals surface area contributed by atoms with Crippen molar-refractivity contribution in [2.45, 2.75) is 32.7 Å². The van der Waals surface area contributed by atoms with Gasteiger partial charge in [-0.05, 0) is 61.2 Å². The number of aryl methyl sites for hydroxylation is 1. The van der Waals surface area contributed by atoms with Crippen LogP contribution in [-0.2, 0) is 9.59 Å². The van der Waals surface area contributed by atoms with E-state index < -0.39 is 17.9 Å². The van der Waals surface area contributed by atoms with Crippen LogP contribution in [0.25, 0.3) is 0 Å². The summed E-state index contributed by atoms with van der Waals surface area (Å²) < 4.78 is 0. The van der Waals surface area contributed by atoms with Gasteiger partial charge in [0, 0.05) is 24.2 Å². The number of carboxylic acids is 1. The maximum absolute atomic E-state index is 12.6. The Balaban J connectivity index is 1.79. The molecule has 3 rings (SSSR count). The van der Waals surface area contributed by atoms with Crippen LogP contribution >= 0.6 is 0 Å². The zero-order chi connectivity index (χ0) is 19.6. The highest BCUT2D eigenvalue weighted by Crippen LogP contribution is 2.23. The van der Waals surface area contributed by atoms with E-state index in [-0.39, 0.29) is 5.91 Å². The summed E-state index contributed by atoms with van der Waals surface area (Å²) in [6.07, 6.45) is 1.37. The van der Waals surface area contributed by atoms with Gasteiger partial charge in [-0.2, -0.15) is 0 Å². The van der Waals surface area contributed by atoms with E-state index in [9.17, 15) is 19.5 Å². The zero-order valence-corrected chi connectivity index (χ0v) is 15.4. The molecule has 0 saturated carbocycles. The van der Waals surface area contributed by atoms with Gasteiger partial charge in [0.1, 0.15) is 0 Å². The zero-order valence-electron chi connectivity index (χ0n) is 15.4. The molecule has 0 radical (unpaired) electrons. The van der Waals surface area contributed by atoms with Gasteiger partial charge in [0.25, 0.3) is 5.91 Å². The number of amides is 2. The third kappa shape index (κ3) is 3.84. The number of carbonyl (C=O) groups excluding carboxylic acids is 2. The van der Waals surface area contributed by atoms with E-state index in [4.69, 9.17) is 0 Å². The Morgan fingerprint density at radius 2 is 1.81 bits per heavy atom. The Labute approximate surface area is 157 Å². The molecule has 1 aliphatic rings. The van der Waals surface area contributed by atoms with Crippen molar-refractivity contribution >= 4 is 23.5 Å². The lowest BCUT2D eigenvalue weighted by molar-refractivity contribution is -0.139. The topological polar surface area (TPSA) is 86.7 Å². The number of nitrogens with zero attached hydrogens (tertiary/aromatic N) is 1. The van der Waals surface area contributed by atoms with Gasteiger partial charge in [-0.1, -0.05) is 18.2 Å². The monoisotopic (exact) mass is 366 g/mol. The van der Waals surface area contributed by atoms with Crippen molar-refractivity contribution in [3.05, 3.63) is 64.7 Å². The van der Waals surface area contributed by atoms with Crippen LogP contribution in [0.2, 0.25) is 0 Å². The van der Waals surface area contributed by atoms with Crippen LogP contribution in [0.1, 0.15) is 45.9 Å². The number of hydrogen-bond donors (Lipinski definition) is 2. The molecule has 6 nitrogen and oxygen atoms in total. The average molecular weight is 366 g/mol. The molecule has 2 aromatic rings. The SMILES string of the molecule is Cc1cccc(C(NC(=O)c2ccc(N3CCCC3=O)cc2)C(=O)O)c1C. The van der Waals surface area contributed by atoms with E-state index in [1.165, 1.54) is 0 Å². The fraction of sp³-hybridized carbons (Fsp3) is 0.286. The highest BCUT2D eigenvalue weighted by atomic mass is 16.4. The van der Waals surface area contributed by atoms with Crippen molar-refractivity contribution in [1.29, 1.82) is 0 Å². The van der Waals surface area contributed by atoms with Gasteiger partial charge in [-0.15, -0.1) is 0 Å². The summed E-state index contributed by atoms with van der Waals surface area (Å²) in [5, 5.41) is 12.2. The first kappa shape index (κ1) is 18.6. The van der Waals surface area contributed by atoms with Gasteiger partial charge >= 0.3 is 5.97 Å². The van der Waals surface area contributed by atoms with E-state index in [1.807, 2.05) is 19.9 Å². The predicted molar refractivity (Wildman–Crippen MR) is 102 cm³/mol. The molecular formula is C21H22N2O4. The van der Waals surface area contributed by atoms with Crippen LogP contribution in [0.4, 0.5) is 5.69 Å². The number of anilines is 1. The predicted octanol–water partition coefficient (Wildman–Crippen LogP) is 2.99. The van der Waals surface area contributed by atoms with Crippen LogP contribution in [0.15, 0.2) is 42.5 Å². The Morgan fingerprint density at radius 1 is 1.11 bits per heavy atom. The molecule has 2 N–H and O–H groups in total. The first-order valence-corrected chi connectivity index (χ1v) is 8.88. The van der Waals surface area contributed by atoms with Crippen molar-refractivity contribution < 1.29 is 19.5 Å². The molecule has 0 aromatic heterocycles. The number of hydrogen-bond acceptors (Lipinski definition) is 3. The van der Waals surface area contributed by atoms with Crippen molar-refractivity contribution in [3.63, 3.8) is 0 Å². The third-order valence-electron chi connectivity index (χ3n) is 4.99. The number of aliphatic carboxylic acids is 1. The van der Waals surface area contributed by atoms with Crippen LogP contribution in [0.3, 0.4) is 0 Å². The molecule has 1 fully saturated rings. The summed E-state index contributed by atoms with van der Waals surface area (Å²) in [5.74, 6) is -1.51. The number of carboxylic acid groups (broad SMARTS) is 1. The first-order chi connectivity index (χ1) is 12.9. The van der Waals surface area contributed by atoms with Crippen LogP contribution in [-0.4, -0.2) is 29.4 Å². The summed E-state index contributed by atoms with van der Waals surface area (Å²) in [6.45, 7) is 4.42. The second-order valence-corrected chi connectivity index (χ2v) is 6.73.